The molecular weight excluding hydrogens is 391 g/mol. The number of hydrogen-bond donors (Lipinski definition) is 1. The van der Waals surface area contributed by atoms with E-state index in [0.29, 0.717) is 15.6 Å². The Bertz CT molecular complexity index is 951. The first kappa shape index (κ1) is 18.8. The van der Waals surface area contributed by atoms with Gasteiger partial charge in [-0.25, -0.2) is 10.4 Å². The summed E-state index contributed by atoms with van der Waals surface area (Å²) in [4.78, 5) is 16.6. The maximum atomic E-state index is 12.0. The number of para-hydroxylation sites is 2. The molecule has 0 radical (unpaired) electrons. The lowest BCUT2D eigenvalue weighted by atomic mass is 10.2. The molecule has 0 atom stereocenters. The summed E-state index contributed by atoms with van der Waals surface area (Å²) in [7, 11) is 0. The summed E-state index contributed by atoms with van der Waals surface area (Å²) in [6.07, 6.45) is 1.44. The SMILES string of the molecule is CCn1c(SCC(=O)N/N=C\c2c(Cl)cccc2Cl)nc2ccccc21. The minimum atomic E-state index is -0.232. The smallest absolute Gasteiger partial charge is 0.250 e. The van der Waals surface area contributed by atoms with Crippen molar-refractivity contribution in [2.45, 2.75) is 18.6 Å². The Kier molecular flexibility index (Phi) is 6.19. The molecule has 5 nitrogen and oxygen atoms in total. The van der Waals surface area contributed by atoms with Crippen LogP contribution < -0.4 is 5.43 Å². The maximum Gasteiger partial charge on any atom is 0.250 e. The van der Waals surface area contributed by atoms with Crippen molar-refractivity contribution in [3.05, 3.63) is 58.1 Å². The van der Waals surface area contributed by atoms with Crippen LogP contribution in [0.25, 0.3) is 11.0 Å². The average molecular weight is 407 g/mol. The second-order valence-electron chi connectivity index (χ2n) is 5.34. The third-order valence-corrected chi connectivity index (χ3v) is 5.29. The topological polar surface area (TPSA) is 59.3 Å². The number of aromatic nitrogens is 2. The zero-order valence-electron chi connectivity index (χ0n) is 13.9. The van der Waals surface area contributed by atoms with E-state index in [2.05, 4.69) is 27.0 Å². The third kappa shape index (κ3) is 4.20. The van der Waals surface area contributed by atoms with Crippen LogP contribution in [-0.2, 0) is 11.3 Å². The van der Waals surface area contributed by atoms with Gasteiger partial charge in [0.1, 0.15) is 0 Å². The van der Waals surface area contributed by atoms with Crippen molar-refractivity contribution in [3.63, 3.8) is 0 Å². The highest BCUT2D eigenvalue weighted by atomic mass is 35.5. The number of hydrazone groups is 1. The highest BCUT2D eigenvalue weighted by molar-refractivity contribution is 7.99. The Morgan fingerprint density at radius 3 is 2.69 bits per heavy atom. The zero-order valence-corrected chi connectivity index (χ0v) is 16.3. The van der Waals surface area contributed by atoms with Gasteiger partial charge in [-0.15, -0.1) is 0 Å². The molecule has 0 saturated carbocycles. The van der Waals surface area contributed by atoms with E-state index >= 15 is 0 Å². The summed E-state index contributed by atoms with van der Waals surface area (Å²) in [5, 5.41) is 5.68. The molecule has 0 aliphatic carbocycles. The predicted octanol–water partition coefficient (Wildman–Crippen LogP) is 4.61. The van der Waals surface area contributed by atoms with Crippen molar-refractivity contribution in [2.75, 3.05) is 5.75 Å². The second kappa shape index (κ2) is 8.58. The van der Waals surface area contributed by atoms with Gasteiger partial charge in [-0.2, -0.15) is 5.10 Å². The van der Waals surface area contributed by atoms with Crippen LogP contribution in [0.4, 0.5) is 0 Å². The van der Waals surface area contributed by atoms with Gasteiger partial charge >= 0.3 is 0 Å². The molecule has 0 aliphatic rings. The molecule has 8 heteroatoms. The number of aryl methyl sites for hydroxylation is 1. The van der Waals surface area contributed by atoms with E-state index in [1.165, 1.54) is 18.0 Å². The molecule has 2 aromatic carbocycles. The lowest BCUT2D eigenvalue weighted by Gasteiger charge is -2.05. The number of hydrogen-bond acceptors (Lipinski definition) is 4. The van der Waals surface area contributed by atoms with Crippen LogP contribution >= 0.6 is 35.0 Å². The number of halogens is 2. The minimum absolute atomic E-state index is 0.205. The average Bonchev–Trinajstić information content (AvgIpc) is 3.00. The lowest BCUT2D eigenvalue weighted by molar-refractivity contribution is -0.118. The maximum absolute atomic E-state index is 12.0. The molecule has 1 amide bonds. The molecule has 1 aromatic heterocycles. The van der Waals surface area contributed by atoms with E-state index in [0.717, 1.165) is 22.7 Å². The van der Waals surface area contributed by atoms with Gasteiger partial charge in [0.25, 0.3) is 5.91 Å². The molecule has 26 heavy (non-hydrogen) atoms. The highest BCUT2D eigenvalue weighted by Crippen LogP contribution is 2.24. The first-order valence-electron chi connectivity index (χ1n) is 7.94. The van der Waals surface area contributed by atoms with Crippen molar-refractivity contribution in [2.24, 2.45) is 5.10 Å². The number of carbonyl (C=O) groups is 1. The Labute approximate surface area is 165 Å². The Balaban J connectivity index is 1.62. The van der Waals surface area contributed by atoms with Gasteiger partial charge in [0.2, 0.25) is 0 Å². The number of carbonyl (C=O) groups excluding carboxylic acids is 1. The summed E-state index contributed by atoms with van der Waals surface area (Å²) in [5.41, 5.74) is 5.03. The molecule has 1 N–H and O–H groups in total. The number of thioether (sulfide) groups is 1. The first-order chi connectivity index (χ1) is 12.6. The molecule has 0 fully saturated rings. The molecule has 134 valence electrons. The predicted molar refractivity (Wildman–Crippen MR) is 108 cm³/mol. The highest BCUT2D eigenvalue weighted by Gasteiger charge is 2.11. The van der Waals surface area contributed by atoms with Gasteiger partial charge in [-0.1, -0.05) is 53.2 Å². The summed E-state index contributed by atoms with van der Waals surface area (Å²) in [6, 6.07) is 13.1. The molecule has 0 spiro atoms. The molecule has 1 heterocycles. The van der Waals surface area contributed by atoms with E-state index in [1.54, 1.807) is 18.2 Å². The van der Waals surface area contributed by atoms with Gasteiger partial charge in [0.15, 0.2) is 5.16 Å². The van der Waals surface area contributed by atoms with Crippen LogP contribution in [0, 0.1) is 0 Å². The van der Waals surface area contributed by atoms with E-state index in [-0.39, 0.29) is 11.7 Å². The van der Waals surface area contributed by atoms with Crippen LogP contribution in [0.3, 0.4) is 0 Å². The van der Waals surface area contributed by atoms with Gasteiger partial charge in [0.05, 0.1) is 33.0 Å². The van der Waals surface area contributed by atoms with Gasteiger partial charge in [-0.3, -0.25) is 4.79 Å². The van der Waals surface area contributed by atoms with Crippen LogP contribution in [0.2, 0.25) is 10.0 Å². The molecular formula is C18H16Cl2N4OS. The fourth-order valence-electron chi connectivity index (χ4n) is 2.43. The standard InChI is InChI=1S/C18H16Cl2N4OS/c1-2-24-16-9-4-3-8-15(16)22-18(24)26-11-17(25)23-21-10-12-13(19)6-5-7-14(12)20/h3-10H,2,11H2,1H3,(H,23,25)/b21-10-. The number of amides is 1. The van der Waals surface area contributed by atoms with Crippen molar-refractivity contribution >= 4 is 58.1 Å². The molecule has 0 bridgehead atoms. The van der Waals surface area contributed by atoms with E-state index in [9.17, 15) is 4.79 Å². The van der Waals surface area contributed by atoms with E-state index in [1.807, 2.05) is 24.3 Å². The van der Waals surface area contributed by atoms with Gasteiger partial charge in [0, 0.05) is 12.1 Å². The van der Waals surface area contributed by atoms with E-state index < -0.39 is 0 Å². The fourth-order valence-corrected chi connectivity index (χ4v) is 3.80. The van der Waals surface area contributed by atoms with Crippen molar-refractivity contribution < 1.29 is 4.79 Å². The summed E-state index contributed by atoms with van der Waals surface area (Å²) in [6.45, 7) is 2.84. The molecule has 3 aromatic rings. The van der Waals surface area contributed by atoms with Gasteiger partial charge in [-0.05, 0) is 31.2 Å². The largest absolute Gasteiger partial charge is 0.319 e. The van der Waals surface area contributed by atoms with Gasteiger partial charge < -0.3 is 4.57 Å². The van der Waals surface area contributed by atoms with Crippen LogP contribution in [-0.4, -0.2) is 27.4 Å². The number of nitrogens with one attached hydrogen (secondary N) is 1. The summed E-state index contributed by atoms with van der Waals surface area (Å²) < 4.78 is 2.08. The van der Waals surface area contributed by atoms with Crippen molar-refractivity contribution in [1.82, 2.24) is 15.0 Å². The minimum Gasteiger partial charge on any atom is -0.319 e. The Morgan fingerprint density at radius 2 is 1.96 bits per heavy atom. The quantitative estimate of drug-likeness (QED) is 0.369. The molecule has 0 aliphatic heterocycles. The number of nitrogens with zero attached hydrogens (tertiary/aromatic N) is 3. The number of rotatable bonds is 6. The second-order valence-corrected chi connectivity index (χ2v) is 7.10. The monoisotopic (exact) mass is 406 g/mol. The van der Waals surface area contributed by atoms with Crippen molar-refractivity contribution in [1.29, 1.82) is 0 Å². The number of imidazole rings is 1. The third-order valence-electron chi connectivity index (χ3n) is 3.65. The lowest BCUT2D eigenvalue weighted by Crippen LogP contribution is -2.20. The Hall–Kier alpha value is -2.02. The van der Waals surface area contributed by atoms with Crippen LogP contribution in [0.5, 0.6) is 0 Å². The molecule has 3 rings (SSSR count). The Morgan fingerprint density at radius 1 is 1.23 bits per heavy atom. The molecule has 0 saturated heterocycles. The normalized spacial score (nSPS) is 11.3. The van der Waals surface area contributed by atoms with Crippen molar-refractivity contribution in [3.8, 4) is 0 Å². The summed E-state index contributed by atoms with van der Waals surface area (Å²) in [5.74, 6) is -0.0270. The summed E-state index contributed by atoms with van der Waals surface area (Å²) >= 11 is 13.5. The zero-order chi connectivity index (χ0) is 18.5. The fraction of sp³-hybridized carbons (Fsp3) is 0.167. The van der Waals surface area contributed by atoms with Crippen LogP contribution in [0.15, 0.2) is 52.7 Å². The van der Waals surface area contributed by atoms with E-state index in [4.69, 9.17) is 23.2 Å². The number of fused-ring (bicyclic) bond motifs is 1. The molecule has 0 unspecified atom stereocenters. The van der Waals surface area contributed by atoms with Crippen LogP contribution in [0.1, 0.15) is 12.5 Å². The first-order valence-corrected chi connectivity index (χ1v) is 9.68. The number of benzene rings is 2.